The van der Waals surface area contributed by atoms with Crippen LogP contribution < -0.4 is 5.32 Å². The van der Waals surface area contributed by atoms with Crippen LogP contribution in [0.2, 0.25) is 0 Å². The number of rotatable bonds is 43. The van der Waals surface area contributed by atoms with Crippen LogP contribution in [0.3, 0.4) is 0 Å². The van der Waals surface area contributed by atoms with E-state index >= 15 is 0 Å². The molecule has 1 saturated heterocycles. The summed E-state index contributed by atoms with van der Waals surface area (Å²) in [6, 6.07) is -0.831. The highest BCUT2D eigenvalue weighted by Gasteiger charge is 2.44. The maximum absolute atomic E-state index is 13.0. The molecule has 0 aromatic rings. The predicted octanol–water partition coefficient (Wildman–Crippen LogP) is 12.6. The number of ether oxygens (including phenoxy) is 2. The van der Waals surface area contributed by atoms with Crippen molar-refractivity contribution in [1.29, 1.82) is 0 Å². The van der Waals surface area contributed by atoms with E-state index in [9.17, 15) is 30.3 Å². The van der Waals surface area contributed by atoms with Crippen molar-refractivity contribution in [1.82, 2.24) is 5.32 Å². The van der Waals surface area contributed by atoms with E-state index in [-0.39, 0.29) is 12.5 Å². The molecule has 7 atom stereocenters. The van der Waals surface area contributed by atoms with Gasteiger partial charge in [0.1, 0.15) is 24.4 Å². The van der Waals surface area contributed by atoms with Gasteiger partial charge in [-0.2, -0.15) is 0 Å². The molecule has 9 nitrogen and oxygen atoms in total. The molecule has 1 fully saturated rings. The van der Waals surface area contributed by atoms with E-state index < -0.39 is 49.5 Å². The maximum atomic E-state index is 13.0. The van der Waals surface area contributed by atoms with Crippen molar-refractivity contribution >= 4 is 5.91 Å². The first-order chi connectivity index (χ1) is 32.8. The standard InChI is InChI=1S/C58H97NO8/c1-3-5-7-9-11-13-15-17-18-19-20-21-22-23-24-25-26-27-28-29-30-31-32-33-34-36-38-40-42-44-46-48-54(62)59-51(50-66-58-57(65)56(64)55(63)53(49-60)67-58)52(61)47-45-43-41-39-37-35-16-14-12-10-8-6-4-2/h5,7,11,13,17-18,20-21,23-24,26-27,29-30,37,39,45,47,51-53,55-58,60-61,63-65H,3-4,6,8-10,12,14-16,19,22,25,28,31-36,38,40-44,46,48-50H2,1-2H3,(H,59,62)/b7-5-,13-11-,18-17-,21-20-,24-23-,27-26-,30-29-,39-37+,47-45+. The molecule has 7 unspecified atom stereocenters. The molecule has 382 valence electrons. The average Bonchev–Trinajstić information content (AvgIpc) is 3.33. The molecule has 1 rings (SSSR count). The minimum absolute atomic E-state index is 0.199. The van der Waals surface area contributed by atoms with Gasteiger partial charge in [-0.05, 0) is 89.9 Å². The lowest BCUT2D eigenvalue weighted by molar-refractivity contribution is -0.302. The molecule has 6 N–H and O–H groups in total. The molecule has 0 aromatic heterocycles. The molecule has 0 bridgehead atoms. The van der Waals surface area contributed by atoms with E-state index in [2.05, 4.69) is 116 Å². The minimum atomic E-state index is -1.58. The lowest BCUT2D eigenvalue weighted by atomic mass is 9.99. The number of carbonyl (C=O) groups is 1. The molecule has 1 amide bonds. The Morgan fingerprint density at radius 3 is 1.43 bits per heavy atom. The molecular formula is C58H97NO8. The highest BCUT2D eigenvalue weighted by molar-refractivity contribution is 5.76. The van der Waals surface area contributed by atoms with E-state index in [1.807, 2.05) is 6.08 Å². The van der Waals surface area contributed by atoms with Crippen molar-refractivity contribution in [2.45, 2.75) is 236 Å². The summed E-state index contributed by atoms with van der Waals surface area (Å²) in [6.07, 6.45) is 61.4. The van der Waals surface area contributed by atoms with Crippen LogP contribution in [-0.2, 0) is 14.3 Å². The summed E-state index contributed by atoms with van der Waals surface area (Å²) in [6.45, 7) is 3.61. The van der Waals surface area contributed by atoms with Crippen LogP contribution in [0.25, 0.3) is 0 Å². The van der Waals surface area contributed by atoms with E-state index in [1.165, 1.54) is 77.0 Å². The number of unbranched alkanes of at least 4 members (excludes halogenated alkanes) is 17. The van der Waals surface area contributed by atoms with Gasteiger partial charge in [0.05, 0.1) is 25.4 Å². The number of hydrogen-bond donors (Lipinski definition) is 6. The first kappa shape index (κ1) is 61.9. The third kappa shape index (κ3) is 36.5. The van der Waals surface area contributed by atoms with Crippen molar-refractivity contribution in [3.05, 3.63) is 109 Å². The number of aliphatic hydroxyl groups excluding tert-OH is 5. The number of nitrogens with one attached hydrogen (secondary N) is 1. The number of allylic oxidation sites excluding steroid dienone is 17. The Morgan fingerprint density at radius 1 is 0.522 bits per heavy atom. The van der Waals surface area contributed by atoms with Crippen LogP contribution in [-0.4, -0.2) is 87.5 Å². The third-order valence-corrected chi connectivity index (χ3v) is 11.8. The lowest BCUT2D eigenvalue weighted by Crippen LogP contribution is -2.60. The summed E-state index contributed by atoms with van der Waals surface area (Å²) < 4.78 is 11.2. The normalized spacial score (nSPS) is 20.6. The van der Waals surface area contributed by atoms with Crippen LogP contribution in [0.5, 0.6) is 0 Å². The first-order valence-corrected chi connectivity index (χ1v) is 26.6. The smallest absolute Gasteiger partial charge is 0.220 e. The Morgan fingerprint density at radius 2 is 0.940 bits per heavy atom. The van der Waals surface area contributed by atoms with Gasteiger partial charge in [-0.25, -0.2) is 0 Å². The molecule has 0 saturated carbocycles. The highest BCUT2D eigenvalue weighted by atomic mass is 16.7. The van der Waals surface area contributed by atoms with Crippen molar-refractivity contribution in [3.8, 4) is 0 Å². The number of aliphatic hydroxyl groups is 5. The second-order valence-electron chi connectivity index (χ2n) is 17.9. The second kappa shape index (κ2) is 46.6. The molecule has 1 aliphatic heterocycles. The maximum Gasteiger partial charge on any atom is 0.220 e. The quantitative estimate of drug-likeness (QED) is 0.0261. The molecule has 1 heterocycles. The van der Waals surface area contributed by atoms with Gasteiger partial charge in [-0.3, -0.25) is 4.79 Å². The van der Waals surface area contributed by atoms with Crippen molar-refractivity contribution in [2.75, 3.05) is 13.2 Å². The topological polar surface area (TPSA) is 149 Å². The summed E-state index contributed by atoms with van der Waals surface area (Å²) in [5.41, 5.74) is 0. The largest absolute Gasteiger partial charge is 0.394 e. The molecule has 1 aliphatic rings. The van der Waals surface area contributed by atoms with Gasteiger partial charge in [-0.15, -0.1) is 0 Å². The molecule has 67 heavy (non-hydrogen) atoms. The molecule has 0 radical (unpaired) electrons. The van der Waals surface area contributed by atoms with Crippen molar-refractivity contribution < 1.29 is 39.8 Å². The average molecular weight is 936 g/mol. The van der Waals surface area contributed by atoms with Crippen LogP contribution in [0.4, 0.5) is 0 Å². The van der Waals surface area contributed by atoms with Gasteiger partial charge >= 0.3 is 0 Å². The monoisotopic (exact) mass is 936 g/mol. The lowest BCUT2D eigenvalue weighted by Gasteiger charge is -2.40. The summed E-state index contributed by atoms with van der Waals surface area (Å²) in [7, 11) is 0. The first-order valence-electron chi connectivity index (χ1n) is 26.6. The number of hydrogen-bond acceptors (Lipinski definition) is 8. The van der Waals surface area contributed by atoms with Gasteiger partial charge in [0.25, 0.3) is 0 Å². The molecule has 0 aromatic carbocycles. The van der Waals surface area contributed by atoms with Crippen molar-refractivity contribution in [2.24, 2.45) is 0 Å². The zero-order chi connectivity index (χ0) is 48.7. The molecule has 0 aliphatic carbocycles. The predicted molar refractivity (Wildman–Crippen MR) is 281 cm³/mol. The van der Waals surface area contributed by atoms with Crippen LogP contribution >= 0.6 is 0 Å². The summed E-state index contributed by atoms with van der Waals surface area (Å²) >= 11 is 0. The fourth-order valence-corrected chi connectivity index (χ4v) is 7.62. The SMILES string of the molecule is CC/C=C\C/C=C\C/C=C\C/C=C\C/C=C\C/C=C\C/C=C\CCCCCCCCCCCC(=O)NC(COC1OC(CO)C(O)C(O)C1O)C(O)/C=C/CC/C=C/CCCCCCCCC. The third-order valence-electron chi connectivity index (χ3n) is 11.8. The molecule has 9 heteroatoms. The van der Waals surface area contributed by atoms with Crippen molar-refractivity contribution in [3.63, 3.8) is 0 Å². The summed E-state index contributed by atoms with van der Waals surface area (Å²) in [4.78, 5) is 13.0. The Kier molecular flexibility index (Phi) is 43.0. The zero-order valence-corrected chi connectivity index (χ0v) is 42.1. The Hall–Kier alpha value is -3.15. The van der Waals surface area contributed by atoms with E-state index in [0.717, 1.165) is 96.3 Å². The van der Waals surface area contributed by atoms with Gasteiger partial charge in [0.2, 0.25) is 5.91 Å². The van der Waals surface area contributed by atoms with Crippen LogP contribution in [0, 0.1) is 0 Å². The fourth-order valence-electron chi connectivity index (χ4n) is 7.62. The summed E-state index contributed by atoms with van der Waals surface area (Å²) in [5.74, 6) is -0.199. The highest BCUT2D eigenvalue weighted by Crippen LogP contribution is 2.22. The van der Waals surface area contributed by atoms with E-state index in [0.29, 0.717) is 6.42 Å². The number of amides is 1. The minimum Gasteiger partial charge on any atom is -0.394 e. The van der Waals surface area contributed by atoms with E-state index in [1.54, 1.807) is 6.08 Å². The Labute approximate surface area is 408 Å². The summed E-state index contributed by atoms with van der Waals surface area (Å²) in [5, 5.41) is 54.3. The molecular weight excluding hydrogens is 839 g/mol. The van der Waals surface area contributed by atoms with Gasteiger partial charge in [-0.1, -0.05) is 207 Å². The van der Waals surface area contributed by atoms with Gasteiger partial charge in [0.15, 0.2) is 6.29 Å². The fraction of sp³-hybridized carbons (Fsp3) is 0.672. The van der Waals surface area contributed by atoms with Crippen LogP contribution in [0.15, 0.2) is 109 Å². The van der Waals surface area contributed by atoms with Crippen LogP contribution in [0.1, 0.15) is 194 Å². The molecule has 0 spiro atoms. The Balaban J connectivity index is 2.24. The second-order valence-corrected chi connectivity index (χ2v) is 17.9. The zero-order valence-electron chi connectivity index (χ0n) is 42.1. The van der Waals surface area contributed by atoms with E-state index in [4.69, 9.17) is 9.47 Å². The van der Waals surface area contributed by atoms with Gasteiger partial charge in [0, 0.05) is 6.42 Å². The van der Waals surface area contributed by atoms with Gasteiger partial charge < -0.3 is 40.3 Å². The Bertz CT molecular complexity index is 1410. The number of carbonyl (C=O) groups excluding carboxylic acids is 1.